The summed E-state index contributed by atoms with van der Waals surface area (Å²) in [5.74, 6) is 0.00774. The number of benzene rings is 1. The number of nitrogens with zero attached hydrogens (tertiary/aromatic N) is 2. The first kappa shape index (κ1) is 14.3. The molecule has 0 aliphatic rings. The minimum absolute atomic E-state index is 0.00774. The van der Waals surface area contributed by atoms with Gasteiger partial charge in [0, 0.05) is 28.5 Å². The predicted molar refractivity (Wildman–Crippen MR) is 83.0 cm³/mol. The smallest absolute Gasteiger partial charge is 0.189 e. The minimum Gasteiger partial charge on any atom is -0.409 e. The van der Waals surface area contributed by atoms with Crippen molar-refractivity contribution in [3.63, 3.8) is 0 Å². The van der Waals surface area contributed by atoms with Gasteiger partial charge >= 0.3 is 0 Å². The summed E-state index contributed by atoms with van der Waals surface area (Å²) in [4.78, 5) is 4.14. The Labute approximate surface area is 125 Å². The second-order valence-corrected chi connectivity index (χ2v) is 5.22. The topological polar surface area (TPSA) is 83.5 Å². The molecule has 0 atom stereocenters. The fourth-order valence-corrected chi connectivity index (χ4v) is 2.20. The third-order valence-corrected chi connectivity index (χ3v) is 3.40. The summed E-state index contributed by atoms with van der Waals surface area (Å²) in [5, 5.41) is 15.1. The zero-order chi connectivity index (χ0) is 14.5. The molecule has 1 heterocycles. The lowest BCUT2D eigenvalue weighted by Crippen LogP contribution is -2.18. The van der Waals surface area contributed by atoms with E-state index in [1.165, 1.54) is 0 Å². The average molecular weight is 335 g/mol. The van der Waals surface area contributed by atoms with Crippen LogP contribution in [-0.4, -0.2) is 16.0 Å². The molecule has 0 fully saturated rings. The van der Waals surface area contributed by atoms with E-state index in [-0.39, 0.29) is 5.84 Å². The molecule has 0 amide bonds. The molecule has 2 rings (SSSR count). The average Bonchev–Trinajstić information content (AvgIpc) is 2.47. The van der Waals surface area contributed by atoms with E-state index < -0.39 is 0 Å². The summed E-state index contributed by atoms with van der Waals surface area (Å²) < 4.78 is 1.01. The predicted octanol–water partition coefficient (Wildman–Crippen LogP) is 2.86. The van der Waals surface area contributed by atoms with E-state index in [0.717, 1.165) is 21.3 Å². The fraction of sp³-hybridized carbons (Fsp3) is 0.143. The molecule has 0 radical (unpaired) electrons. The van der Waals surface area contributed by atoms with Gasteiger partial charge in [-0.2, -0.15) is 0 Å². The lowest BCUT2D eigenvalue weighted by atomic mass is 10.1. The number of halogens is 1. The van der Waals surface area contributed by atoms with Crippen LogP contribution in [0.25, 0.3) is 0 Å². The van der Waals surface area contributed by atoms with Crippen LogP contribution in [-0.2, 0) is 6.54 Å². The second kappa shape index (κ2) is 6.38. The van der Waals surface area contributed by atoms with Gasteiger partial charge in [0.1, 0.15) is 5.69 Å². The van der Waals surface area contributed by atoms with Crippen molar-refractivity contribution in [2.75, 3.05) is 5.32 Å². The van der Waals surface area contributed by atoms with E-state index >= 15 is 0 Å². The molecule has 1 aromatic heterocycles. The Morgan fingerprint density at radius 2 is 2.25 bits per heavy atom. The van der Waals surface area contributed by atoms with Crippen molar-refractivity contribution in [2.45, 2.75) is 13.5 Å². The first-order valence-electron chi connectivity index (χ1n) is 6.03. The number of amidine groups is 1. The maximum absolute atomic E-state index is 8.77. The molecular weight excluding hydrogens is 320 g/mol. The number of pyridine rings is 1. The number of hydrogen-bond donors (Lipinski definition) is 3. The van der Waals surface area contributed by atoms with Gasteiger partial charge in [0.15, 0.2) is 5.84 Å². The lowest BCUT2D eigenvalue weighted by Gasteiger charge is -2.12. The molecule has 1 aromatic carbocycles. The zero-order valence-electron chi connectivity index (χ0n) is 11.0. The van der Waals surface area contributed by atoms with Gasteiger partial charge in [-0.25, -0.2) is 0 Å². The van der Waals surface area contributed by atoms with Crippen LogP contribution >= 0.6 is 15.9 Å². The SMILES string of the molecule is Cc1ccc(Br)cc1NCc1cccnc1C(N)=NO. The molecule has 0 unspecified atom stereocenters. The number of aromatic nitrogens is 1. The molecule has 104 valence electrons. The maximum atomic E-state index is 8.77. The van der Waals surface area contributed by atoms with E-state index in [0.29, 0.717) is 12.2 Å². The van der Waals surface area contributed by atoms with Gasteiger partial charge < -0.3 is 16.3 Å². The monoisotopic (exact) mass is 334 g/mol. The Balaban J connectivity index is 2.21. The summed E-state index contributed by atoms with van der Waals surface area (Å²) in [6, 6.07) is 9.74. The highest BCUT2D eigenvalue weighted by molar-refractivity contribution is 9.10. The largest absolute Gasteiger partial charge is 0.409 e. The number of nitrogens with one attached hydrogen (secondary N) is 1. The Hall–Kier alpha value is -2.08. The van der Waals surface area contributed by atoms with Crippen molar-refractivity contribution in [1.29, 1.82) is 0 Å². The molecule has 5 nitrogen and oxygen atoms in total. The Bertz CT molecular complexity index is 643. The number of hydrogen-bond acceptors (Lipinski definition) is 4. The first-order chi connectivity index (χ1) is 9.61. The molecule has 6 heteroatoms. The fourth-order valence-electron chi connectivity index (χ4n) is 1.83. The summed E-state index contributed by atoms with van der Waals surface area (Å²) in [5.41, 5.74) is 9.13. The summed E-state index contributed by atoms with van der Waals surface area (Å²) in [6.45, 7) is 2.57. The molecule has 20 heavy (non-hydrogen) atoms. The van der Waals surface area contributed by atoms with Gasteiger partial charge in [0.25, 0.3) is 0 Å². The minimum atomic E-state index is 0.00774. The van der Waals surface area contributed by atoms with Crippen LogP contribution in [0.2, 0.25) is 0 Å². The number of nitrogens with two attached hydrogens (primary N) is 1. The van der Waals surface area contributed by atoms with Crippen LogP contribution in [0.1, 0.15) is 16.8 Å². The number of aryl methyl sites for hydroxylation is 1. The highest BCUT2D eigenvalue weighted by Gasteiger charge is 2.08. The van der Waals surface area contributed by atoms with E-state index in [1.54, 1.807) is 6.20 Å². The summed E-state index contributed by atoms with van der Waals surface area (Å²) >= 11 is 3.45. The number of rotatable bonds is 4. The Morgan fingerprint density at radius 3 is 3.00 bits per heavy atom. The van der Waals surface area contributed by atoms with Crippen LogP contribution in [0.5, 0.6) is 0 Å². The summed E-state index contributed by atoms with van der Waals surface area (Å²) in [6.07, 6.45) is 1.61. The second-order valence-electron chi connectivity index (χ2n) is 4.31. The maximum Gasteiger partial charge on any atom is 0.189 e. The molecule has 2 aromatic rings. The molecular formula is C14H15BrN4O. The molecule has 0 spiro atoms. The lowest BCUT2D eigenvalue weighted by molar-refractivity contribution is 0.318. The summed E-state index contributed by atoms with van der Waals surface area (Å²) in [7, 11) is 0. The van der Waals surface area contributed by atoms with E-state index in [2.05, 4.69) is 31.4 Å². The van der Waals surface area contributed by atoms with Crippen LogP contribution in [0.15, 0.2) is 46.2 Å². The van der Waals surface area contributed by atoms with E-state index in [9.17, 15) is 0 Å². The van der Waals surface area contributed by atoms with E-state index in [4.69, 9.17) is 10.9 Å². The normalized spacial score (nSPS) is 11.4. The molecule has 0 aliphatic carbocycles. The van der Waals surface area contributed by atoms with Crippen LogP contribution in [0.3, 0.4) is 0 Å². The van der Waals surface area contributed by atoms with Crippen molar-refractivity contribution in [3.05, 3.63) is 57.8 Å². The Kier molecular flexibility index (Phi) is 4.57. The van der Waals surface area contributed by atoms with Crippen molar-refractivity contribution < 1.29 is 5.21 Å². The molecule has 0 bridgehead atoms. The number of anilines is 1. The van der Waals surface area contributed by atoms with Crippen molar-refractivity contribution >= 4 is 27.5 Å². The van der Waals surface area contributed by atoms with Crippen molar-refractivity contribution in [2.24, 2.45) is 10.9 Å². The molecule has 0 saturated heterocycles. The quantitative estimate of drug-likeness (QED) is 0.347. The highest BCUT2D eigenvalue weighted by Crippen LogP contribution is 2.21. The third-order valence-electron chi connectivity index (χ3n) is 2.91. The van der Waals surface area contributed by atoms with Gasteiger partial charge in [0.2, 0.25) is 0 Å². The van der Waals surface area contributed by atoms with Gasteiger partial charge in [-0.3, -0.25) is 4.98 Å². The van der Waals surface area contributed by atoms with Crippen molar-refractivity contribution in [1.82, 2.24) is 4.98 Å². The van der Waals surface area contributed by atoms with Crippen LogP contribution in [0, 0.1) is 6.92 Å². The van der Waals surface area contributed by atoms with Crippen LogP contribution < -0.4 is 11.1 Å². The van der Waals surface area contributed by atoms with E-state index in [1.807, 2.05) is 37.3 Å². The van der Waals surface area contributed by atoms with Crippen LogP contribution in [0.4, 0.5) is 5.69 Å². The zero-order valence-corrected chi connectivity index (χ0v) is 12.6. The molecule has 0 saturated carbocycles. The standard InChI is InChI=1S/C14H15BrN4O/c1-9-4-5-11(15)7-12(9)18-8-10-3-2-6-17-13(10)14(16)19-20/h2-7,18,20H,8H2,1H3,(H2,16,19). The van der Waals surface area contributed by atoms with Crippen molar-refractivity contribution in [3.8, 4) is 0 Å². The van der Waals surface area contributed by atoms with Gasteiger partial charge in [0.05, 0.1) is 0 Å². The van der Waals surface area contributed by atoms with Gasteiger partial charge in [-0.1, -0.05) is 33.2 Å². The third kappa shape index (κ3) is 3.27. The number of oxime groups is 1. The molecule has 0 aliphatic heterocycles. The van der Waals surface area contributed by atoms with Gasteiger partial charge in [-0.05, 0) is 30.7 Å². The highest BCUT2D eigenvalue weighted by atomic mass is 79.9. The first-order valence-corrected chi connectivity index (χ1v) is 6.83. The molecule has 4 N–H and O–H groups in total. The van der Waals surface area contributed by atoms with Gasteiger partial charge in [-0.15, -0.1) is 0 Å². The Morgan fingerprint density at radius 1 is 1.45 bits per heavy atom.